The predicted molar refractivity (Wildman–Crippen MR) is 102 cm³/mol. The van der Waals surface area contributed by atoms with Crippen molar-refractivity contribution in [1.29, 1.82) is 0 Å². The number of carbonyl (C=O) groups excluding carboxylic acids is 1. The Morgan fingerprint density at radius 1 is 1.24 bits per heavy atom. The zero-order valence-electron chi connectivity index (χ0n) is 14.7. The Hall–Kier alpha value is -1.85. The van der Waals surface area contributed by atoms with Gasteiger partial charge in [-0.2, -0.15) is 0 Å². The Bertz CT molecular complexity index is 647. The predicted octanol–water partition coefficient (Wildman–Crippen LogP) is 3.33. The van der Waals surface area contributed by atoms with E-state index >= 15 is 0 Å². The summed E-state index contributed by atoms with van der Waals surface area (Å²) >= 11 is 1.83. The molecule has 1 aromatic heterocycles. The first kappa shape index (κ1) is 18.0. The van der Waals surface area contributed by atoms with E-state index in [9.17, 15) is 4.79 Å². The smallest absolute Gasteiger partial charge is 0.224 e. The highest BCUT2D eigenvalue weighted by Gasteiger charge is 2.20. The summed E-state index contributed by atoms with van der Waals surface area (Å²) in [4.78, 5) is 16.1. The van der Waals surface area contributed by atoms with Crippen LogP contribution in [0.2, 0.25) is 0 Å². The van der Waals surface area contributed by atoms with E-state index < -0.39 is 0 Å². The molecular weight excluding hydrogens is 332 g/mol. The molecule has 4 nitrogen and oxygen atoms in total. The van der Waals surface area contributed by atoms with Gasteiger partial charge in [-0.1, -0.05) is 18.2 Å². The van der Waals surface area contributed by atoms with E-state index in [4.69, 9.17) is 4.74 Å². The van der Waals surface area contributed by atoms with Crippen LogP contribution >= 0.6 is 11.3 Å². The minimum absolute atomic E-state index is 0.103. The van der Waals surface area contributed by atoms with Gasteiger partial charge in [-0.15, -0.1) is 11.3 Å². The van der Waals surface area contributed by atoms with E-state index in [1.54, 1.807) is 7.11 Å². The number of likely N-dealkylation sites (tertiary alicyclic amines) is 1. The zero-order valence-corrected chi connectivity index (χ0v) is 15.6. The molecule has 1 aliphatic rings. The van der Waals surface area contributed by atoms with Crippen LogP contribution in [-0.2, 0) is 17.8 Å². The first-order chi connectivity index (χ1) is 12.2. The average Bonchev–Trinajstić information content (AvgIpc) is 3.15. The number of ether oxygens (including phenoxy) is 1. The molecule has 1 amide bonds. The lowest BCUT2D eigenvalue weighted by molar-refractivity contribution is -0.120. The van der Waals surface area contributed by atoms with Crippen molar-refractivity contribution < 1.29 is 9.53 Å². The van der Waals surface area contributed by atoms with Crippen LogP contribution in [0.4, 0.5) is 0 Å². The van der Waals surface area contributed by atoms with Crippen molar-refractivity contribution in [1.82, 2.24) is 10.2 Å². The molecule has 1 fully saturated rings. The molecule has 134 valence electrons. The molecule has 2 heterocycles. The lowest BCUT2D eigenvalue weighted by Gasteiger charge is -2.31. The van der Waals surface area contributed by atoms with Crippen LogP contribution in [0.5, 0.6) is 5.75 Å². The summed E-state index contributed by atoms with van der Waals surface area (Å²) in [5.41, 5.74) is 1.02. The molecule has 0 bridgehead atoms. The van der Waals surface area contributed by atoms with Gasteiger partial charge in [-0.25, -0.2) is 0 Å². The van der Waals surface area contributed by atoms with Crippen LogP contribution in [0.25, 0.3) is 0 Å². The lowest BCUT2D eigenvalue weighted by Crippen LogP contribution is -2.38. The topological polar surface area (TPSA) is 41.6 Å². The van der Waals surface area contributed by atoms with E-state index in [1.165, 1.54) is 4.88 Å². The highest BCUT2D eigenvalue weighted by Crippen LogP contribution is 2.20. The van der Waals surface area contributed by atoms with Gasteiger partial charge in [0.25, 0.3) is 0 Å². The van der Waals surface area contributed by atoms with Gasteiger partial charge < -0.3 is 10.1 Å². The third-order valence-corrected chi connectivity index (χ3v) is 5.64. The van der Waals surface area contributed by atoms with E-state index in [0.29, 0.717) is 12.3 Å². The summed E-state index contributed by atoms with van der Waals surface area (Å²) in [6.07, 6.45) is 2.75. The number of hydrogen-bond acceptors (Lipinski definition) is 4. The maximum atomic E-state index is 12.1. The van der Waals surface area contributed by atoms with Crippen LogP contribution in [-0.4, -0.2) is 37.6 Å². The van der Waals surface area contributed by atoms with Gasteiger partial charge in [-0.05, 0) is 61.0 Å². The van der Waals surface area contributed by atoms with Gasteiger partial charge in [0.1, 0.15) is 5.75 Å². The quantitative estimate of drug-likeness (QED) is 0.825. The van der Waals surface area contributed by atoms with E-state index in [1.807, 2.05) is 35.6 Å². The SMILES string of the molecule is COc1ccc(CC(=O)NCC2CCN(Cc3cccs3)CC2)cc1. The largest absolute Gasteiger partial charge is 0.497 e. The molecule has 5 heteroatoms. The molecule has 0 radical (unpaired) electrons. The second-order valence-electron chi connectivity index (χ2n) is 6.63. The number of nitrogens with one attached hydrogen (secondary N) is 1. The minimum atomic E-state index is 0.103. The molecule has 3 rings (SSSR count). The van der Waals surface area contributed by atoms with Gasteiger partial charge in [0.05, 0.1) is 13.5 Å². The fourth-order valence-electron chi connectivity index (χ4n) is 3.22. The molecule has 0 saturated carbocycles. The van der Waals surface area contributed by atoms with E-state index in [0.717, 1.165) is 50.3 Å². The summed E-state index contributed by atoms with van der Waals surface area (Å²) in [5.74, 6) is 1.52. The highest BCUT2D eigenvalue weighted by atomic mass is 32.1. The summed E-state index contributed by atoms with van der Waals surface area (Å²) in [6.45, 7) is 4.10. The molecule has 0 aliphatic carbocycles. The van der Waals surface area contributed by atoms with Crippen molar-refractivity contribution in [3.63, 3.8) is 0 Å². The summed E-state index contributed by atoms with van der Waals surface area (Å²) in [7, 11) is 1.65. The second kappa shape index (κ2) is 9.02. The zero-order chi connectivity index (χ0) is 17.5. The number of methoxy groups -OCH3 is 1. The molecule has 1 saturated heterocycles. The number of hydrogen-bond donors (Lipinski definition) is 1. The van der Waals surface area contributed by atoms with Crippen molar-refractivity contribution in [2.24, 2.45) is 5.92 Å². The van der Waals surface area contributed by atoms with Gasteiger partial charge >= 0.3 is 0 Å². The van der Waals surface area contributed by atoms with Crippen LogP contribution in [0.3, 0.4) is 0 Å². The van der Waals surface area contributed by atoms with Crippen molar-refractivity contribution >= 4 is 17.2 Å². The van der Waals surface area contributed by atoms with Crippen LogP contribution in [0.15, 0.2) is 41.8 Å². The van der Waals surface area contributed by atoms with E-state index in [-0.39, 0.29) is 5.91 Å². The molecule has 0 unspecified atom stereocenters. The summed E-state index contributed by atoms with van der Waals surface area (Å²) < 4.78 is 5.14. The van der Waals surface area contributed by atoms with Crippen molar-refractivity contribution in [3.8, 4) is 5.75 Å². The molecular formula is C20H26N2O2S. The highest BCUT2D eigenvalue weighted by molar-refractivity contribution is 7.09. The Morgan fingerprint density at radius 3 is 2.64 bits per heavy atom. The van der Waals surface area contributed by atoms with E-state index in [2.05, 4.69) is 27.7 Å². The fourth-order valence-corrected chi connectivity index (χ4v) is 3.97. The molecule has 1 aliphatic heterocycles. The first-order valence-electron chi connectivity index (χ1n) is 8.87. The Morgan fingerprint density at radius 2 is 2.00 bits per heavy atom. The van der Waals surface area contributed by atoms with Gasteiger partial charge in [0, 0.05) is 18.0 Å². The van der Waals surface area contributed by atoms with Gasteiger partial charge in [-0.3, -0.25) is 9.69 Å². The Kier molecular flexibility index (Phi) is 6.48. The molecule has 1 N–H and O–H groups in total. The number of carbonyl (C=O) groups is 1. The fraction of sp³-hybridized carbons (Fsp3) is 0.450. The lowest BCUT2D eigenvalue weighted by atomic mass is 9.96. The molecule has 0 spiro atoms. The van der Waals surface area contributed by atoms with Gasteiger partial charge in [0.15, 0.2) is 0 Å². The maximum Gasteiger partial charge on any atom is 0.224 e. The molecule has 1 aromatic carbocycles. The van der Waals surface area contributed by atoms with Crippen molar-refractivity contribution in [3.05, 3.63) is 52.2 Å². The number of thiophene rings is 1. The standard InChI is InChI=1S/C20H26N2O2S/c1-24-18-6-4-16(5-7-18)13-20(23)21-14-17-8-10-22(11-9-17)15-19-3-2-12-25-19/h2-7,12,17H,8-11,13-15H2,1H3,(H,21,23). The minimum Gasteiger partial charge on any atom is -0.497 e. The van der Waals surface area contributed by atoms with Crippen LogP contribution in [0.1, 0.15) is 23.3 Å². The Balaban J connectivity index is 1.35. The normalized spacial score (nSPS) is 15.9. The molecule has 25 heavy (non-hydrogen) atoms. The molecule has 2 aromatic rings. The maximum absolute atomic E-state index is 12.1. The first-order valence-corrected chi connectivity index (χ1v) is 9.75. The van der Waals surface area contributed by atoms with Gasteiger partial charge in [0.2, 0.25) is 5.91 Å². The van der Waals surface area contributed by atoms with Crippen LogP contribution in [0, 0.1) is 5.92 Å². The second-order valence-corrected chi connectivity index (χ2v) is 7.66. The van der Waals surface area contributed by atoms with Crippen molar-refractivity contribution in [2.75, 3.05) is 26.7 Å². The average molecular weight is 359 g/mol. The monoisotopic (exact) mass is 358 g/mol. The molecule has 0 atom stereocenters. The third-order valence-electron chi connectivity index (χ3n) is 4.78. The summed E-state index contributed by atoms with van der Waals surface area (Å²) in [6, 6.07) is 12.0. The number of amides is 1. The Labute approximate surface area is 153 Å². The number of rotatable bonds is 7. The van der Waals surface area contributed by atoms with Crippen LogP contribution < -0.4 is 10.1 Å². The van der Waals surface area contributed by atoms with Crippen molar-refractivity contribution in [2.45, 2.75) is 25.8 Å². The number of piperidine rings is 1. The summed E-state index contributed by atoms with van der Waals surface area (Å²) in [5, 5.41) is 5.24. The number of nitrogens with zero attached hydrogens (tertiary/aromatic N) is 1. The third kappa shape index (κ3) is 5.58. The number of benzene rings is 1.